The molecule has 0 amide bonds. The fourth-order valence-corrected chi connectivity index (χ4v) is 7.73. The Kier molecular flexibility index (Phi) is 5.84. The Balaban J connectivity index is 1.31. The summed E-state index contributed by atoms with van der Waals surface area (Å²) in [4.78, 5) is 12.1. The summed E-state index contributed by atoms with van der Waals surface area (Å²) in [5.74, 6) is -0.0997. The van der Waals surface area contributed by atoms with Crippen LogP contribution in [0.15, 0.2) is 30.7 Å². The molecule has 178 valence electrons. The van der Waals surface area contributed by atoms with Crippen molar-refractivity contribution in [1.29, 1.82) is 0 Å². The van der Waals surface area contributed by atoms with E-state index in [0.29, 0.717) is 31.3 Å². The van der Waals surface area contributed by atoms with E-state index in [9.17, 15) is 21.6 Å². The maximum atomic E-state index is 13.4. The zero-order chi connectivity index (χ0) is 23.2. The minimum Gasteiger partial charge on any atom is -0.364 e. The highest BCUT2D eigenvalue weighted by Crippen LogP contribution is 2.41. The first-order chi connectivity index (χ1) is 15.7. The van der Waals surface area contributed by atoms with Gasteiger partial charge in [0.25, 0.3) is 0 Å². The van der Waals surface area contributed by atoms with Crippen molar-refractivity contribution in [1.82, 2.24) is 19.3 Å². The van der Waals surface area contributed by atoms with Crippen molar-refractivity contribution in [3.8, 4) is 0 Å². The average Bonchev–Trinajstić information content (AvgIpc) is 3.28. The molecule has 0 bridgehead atoms. The molecule has 0 spiro atoms. The van der Waals surface area contributed by atoms with E-state index >= 15 is 0 Å². The molecule has 6 nitrogen and oxygen atoms in total. The molecule has 1 atom stereocenters. The lowest BCUT2D eigenvalue weighted by Crippen LogP contribution is -2.52. The second-order valence-electron chi connectivity index (χ2n) is 9.32. The molecule has 5 rings (SSSR count). The number of halogens is 3. The van der Waals surface area contributed by atoms with Crippen LogP contribution in [0.25, 0.3) is 21.8 Å². The van der Waals surface area contributed by atoms with Crippen molar-refractivity contribution in [3.05, 3.63) is 36.4 Å². The summed E-state index contributed by atoms with van der Waals surface area (Å²) in [6.45, 7) is -0.0372. The van der Waals surface area contributed by atoms with E-state index in [0.717, 1.165) is 39.0 Å². The van der Waals surface area contributed by atoms with E-state index in [1.807, 2.05) is 24.5 Å². The molecule has 1 N–H and O–H groups in total. The second-order valence-corrected chi connectivity index (χ2v) is 11.3. The van der Waals surface area contributed by atoms with Crippen molar-refractivity contribution < 1.29 is 21.6 Å². The van der Waals surface area contributed by atoms with Crippen LogP contribution in [0.1, 0.15) is 56.6 Å². The van der Waals surface area contributed by atoms with Crippen LogP contribution in [0, 0.1) is 5.92 Å². The lowest BCUT2D eigenvalue weighted by atomic mass is 9.80. The molecular formula is C23H27F3N4O2S. The number of aromatic amines is 1. The molecule has 0 radical (unpaired) electrons. The maximum Gasteiger partial charge on any atom is 0.405 e. The Morgan fingerprint density at radius 3 is 2.61 bits per heavy atom. The number of rotatable bonds is 4. The first kappa shape index (κ1) is 22.6. The van der Waals surface area contributed by atoms with Gasteiger partial charge in [-0.3, -0.25) is 0 Å². The highest BCUT2D eigenvalue weighted by atomic mass is 32.2. The van der Waals surface area contributed by atoms with Crippen molar-refractivity contribution in [2.45, 2.75) is 63.1 Å². The van der Waals surface area contributed by atoms with E-state index in [4.69, 9.17) is 0 Å². The maximum absolute atomic E-state index is 13.4. The van der Waals surface area contributed by atoms with Gasteiger partial charge in [0.1, 0.15) is 6.04 Å². The van der Waals surface area contributed by atoms with Crippen LogP contribution in [0.2, 0.25) is 0 Å². The molecule has 2 fully saturated rings. The predicted octanol–water partition coefficient (Wildman–Crippen LogP) is 5.13. The van der Waals surface area contributed by atoms with Crippen LogP contribution >= 0.6 is 0 Å². The SMILES string of the molecule is O=S(=O)(CC1CCC(c2[nH]ccc3cnc4nccc4c23)CC1)N1CCCCC1C(F)(F)F. The van der Waals surface area contributed by atoms with Gasteiger partial charge in [-0.2, -0.15) is 17.5 Å². The third-order valence-electron chi connectivity index (χ3n) is 7.22. The Morgan fingerprint density at radius 1 is 1.06 bits per heavy atom. The average molecular weight is 481 g/mol. The largest absolute Gasteiger partial charge is 0.405 e. The number of hydrogen-bond donors (Lipinski definition) is 1. The number of aromatic nitrogens is 3. The van der Waals surface area contributed by atoms with Gasteiger partial charge < -0.3 is 4.98 Å². The van der Waals surface area contributed by atoms with Gasteiger partial charge in [0.2, 0.25) is 10.0 Å². The van der Waals surface area contributed by atoms with Crippen LogP contribution in [0.5, 0.6) is 0 Å². The monoisotopic (exact) mass is 480 g/mol. The van der Waals surface area contributed by atoms with E-state index in [1.54, 1.807) is 6.20 Å². The molecule has 1 aliphatic carbocycles. The summed E-state index contributed by atoms with van der Waals surface area (Å²) >= 11 is 0. The molecule has 10 heteroatoms. The topological polar surface area (TPSA) is 79.0 Å². The summed E-state index contributed by atoms with van der Waals surface area (Å²) in [6.07, 6.45) is 4.59. The van der Waals surface area contributed by atoms with Gasteiger partial charge in [-0.15, -0.1) is 0 Å². The van der Waals surface area contributed by atoms with Crippen LogP contribution < -0.4 is 0 Å². The zero-order valence-corrected chi connectivity index (χ0v) is 19.0. The Hall–Kier alpha value is -2.20. The number of nitrogens with zero attached hydrogens (tertiary/aromatic N) is 3. The van der Waals surface area contributed by atoms with Gasteiger partial charge in [0.05, 0.1) is 5.75 Å². The third kappa shape index (κ3) is 4.35. The molecule has 0 aromatic carbocycles. The number of sulfonamides is 1. The molecule has 3 aromatic rings. The first-order valence-corrected chi connectivity index (χ1v) is 13.1. The lowest BCUT2D eigenvalue weighted by Gasteiger charge is -2.37. The summed E-state index contributed by atoms with van der Waals surface area (Å²) in [5.41, 5.74) is 1.80. The van der Waals surface area contributed by atoms with Crippen molar-refractivity contribution in [2.75, 3.05) is 12.3 Å². The van der Waals surface area contributed by atoms with Gasteiger partial charge >= 0.3 is 6.18 Å². The molecule has 1 saturated carbocycles. The molecule has 1 aliphatic heterocycles. The van der Waals surface area contributed by atoms with Crippen LogP contribution in [0.4, 0.5) is 13.2 Å². The molecular weight excluding hydrogens is 453 g/mol. The number of fused-ring (bicyclic) bond motifs is 3. The van der Waals surface area contributed by atoms with Crippen LogP contribution in [-0.4, -0.2) is 52.2 Å². The summed E-state index contributed by atoms with van der Waals surface area (Å²) < 4.78 is 67.0. The van der Waals surface area contributed by atoms with Crippen molar-refractivity contribution >= 4 is 31.8 Å². The van der Waals surface area contributed by atoms with Crippen molar-refractivity contribution in [2.24, 2.45) is 5.92 Å². The number of nitrogens with one attached hydrogen (secondary N) is 1. The number of alkyl halides is 3. The number of pyridine rings is 2. The smallest absolute Gasteiger partial charge is 0.364 e. The van der Waals surface area contributed by atoms with Crippen LogP contribution in [0.3, 0.4) is 0 Å². The minimum absolute atomic E-state index is 0.0372. The second kappa shape index (κ2) is 8.54. The normalized spacial score (nSPS) is 25.6. The van der Waals surface area contributed by atoms with Crippen LogP contribution in [-0.2, 0) is 10.0 Å². The molecule has 1 unspecified atom stereocenters. The zero-order valence-electron chi connectivity index (χ0n) is 18.2. The number of H-pyrrole nitrogens is 1. The van der Waals surface area contributed by atoms with Gasteiger partial charge in [-0.25, -0.2) is 18.4 Å². The Labute approximate surface area is 190 Å². The lowest BCUT2D eigenvalue weighted by molar-refractivity contribution is -0.177. The molecule has 2 aliphatic rings. The van der Waals surface area contributed by atoms with Gasteiger partial charge in [-0.05, 0) is 62.5 Å². The molecule has 4 heterocycles. The predicted molar refractivity (Wildman–Crippen MR) is 120 cm³/mol. The van der Waals surface area contributed by atoms with Gasteiger partial charge in [-0.1, -0.05) is 6.42 Å². The summed E-state index contributed by atoms with van der Waals surface area (Å²) in [7, 11) is -3.96. The quantitative estimate of drug-likeness (QED) is 0.561. The third-order valence-corrected chi connectivity index (χ3v) is 9.27. The summed E-state index contributed by atoms with van der Waals surface area (Å²) in [6, 6.07) is 2.05. The van der Waals surface area contributed by atoms with E-state index in [1.165, 1.54) is 0 Å². The van der Waals surface area contributed by atoms with E-state index < -0.39 is 22.2 Å². The highest BCUT2D eigenvalue weighted by molar-refractivity contribution is 7.89. The van der Waals surface area contributed by atoms with E-state index in [-0.39, 0.29) is 30.6 Å². The fraction of sp³-hybridized carbons (Fsp3) is 0.565. The summed E-state index contributed by atoms with van der Waals surface area (Å²) in [5, 5.41) is 3.11. The molecule has 33 heavy (non-hydrogen) atoms. The highest BCUT2D eigenvalue weighted by Gasteiger charge is 2.49. The fourth-order valence-electron chi connectivity index (χ4n) is 5.59. The van der Waals surface area contributed by atoms with Gasteiger partial charge in [0, 0.05) is 47.0 Å². The minimum atomic E-state index is -4.52. The van der Waals surface area contributed by atoms with Crippen molar-refractivity contribution in [3.63, 3.8) is 0 Å². The Bertz CT molecular complexity index is 1250. The van der Waals surface area contributed by atoms with Gasteiger partial charge in [0.15, 0.2) is 5.65 Å². The number of piperidine rings is 1. The van der Waals surface area contributed by atoms with E-state index in [2.05, 4.69) is 15.0 Å². The standard InChI is InChI=1S/C23H27F3N4O2S/c24-23(25,26)19-3-1-2-12-30(19)33(31,32)14-15-4-6-16(7-5-15)21-20-17(8-10-27-21)13-29-22-18(20)9-11-28-22/h8-11,13,15-16,19,27H,1-7,12,14H2. The first-order valence-electron chi connectivity index (χ1n) is 11.5. The molecule has 1 saturated heterocycles. The number of hydrogen-bond acceptors (Lipinski definition) is 4. The Morgan fingerprint density at radius 2 is 1.85 bits per heavy atom. The molecule has 3 aromatic heterocycles.